The van der Waals surface area contributed by atoms with E-state index in [0.717, 1.165) is 63.8 Å². The molecule has 0 unspecified atom stereocenters. The summed E-state index contributed by atoms with van der Waals surface area (Å²) in [6.45, 7) is 8.67. The minimum absolute atomic E-state index is 0.136. The van der Waals surface area contributed by atoms with E-state index in [4.69, 9.17) is 9.72 Å². The van der Waals surface area contributed by atoms with E-state index in [0.29, 0.717) is 6.54 Å². The molecule has 3 heterocycles. The molecule has 126 valence electrons. The molecular weight excluding hydrogens is 292 g/mol. The van der Waals surface area contributed by atoms with E-state index in [2.05, 4.69) is 23.7 Å². The second kappa shape index (κ2) is 7.25. The molecule has 0 aromatic carbocycles. The maximum Gasteiger partial charge on any atom is 0.226 e. The van der Waals surface area contributed by atoms with Gasteiger partial charge in [-0.15, -0.1) is 0 Å². The van der Waals surface area contributed by atoms with Crippen LogP contribution in [0.4, 0.5) is 5.95 Å². The van der Waals surface area contributed by atoms with Crippen LogP contribution in [0.25, 0.3) is 0 Å². The van der Waals surface area contributed by atoms with Gasteiger partial charge in [-0.2, -0.15) is 0 Å². The van der Waals surface area contributed by atoms with Crippen LogP contribution in [0.3, 0.4) is 0 Å². The molecule has 1 aromatic heterocycles. The van der Waals surface area contributed by atoms with Gasteiger partial charge in [0.25, 0.3) is 0 Å². The largest absolute Gasteiger partial charge is 0.378 e. The zero-order chi connectivity index (χ0) is 16.2. The van der Waals surface area contributed by atoms with Crippen LogP contribution in [0.1, 0.15) is 37.9 Å². The number of anilines is 1. The van der Waals surface area contributed by atoms with Crippen LogP contribution >= 0.6 is 0 Å². The molecule has 2 aliphatic heterocycles. The van der Waals surface area contributed by atoms with Gasteiger partial charge < -0.3 is 14.5 Å². The number of fused-ring (bicyclic) bond motifs is 1. The Bertz CT molecular complexity index is 554. The Morgan fingerprint density at radius 2 is 2.00 bits per heavy atom. The summed E-state index contributed by atoms with van der Waals surface area (Å²) in [5.41, 5.74) is 2.18. The summed E-state index contributed by atoms with van der Waals surface area (Å²) < 4.78 is 5.38. The van der Waals surface area contributed by atoms with Gasteiger partial charge >= 0.3 is 0 Å². The molecule has 0 radical (unpaired) electrons. The van der Waals surface area contributed by atoms with E-state index >= 15 is 0 Å². The molecular formula is C17H26N4O2. The first kappa shape index (κ1) is 16.2. The molecule has 1 amide bonds. The number of hydrogen-bond acceptors (Lipinski definition) is 5. The number of amides is 1. The highest BCUT2D eigenvalue weighted by Crippen LogP contribution is 2.22. The Kier molecular flexibility index (Phi) is 5.10. The fourth-order valence-corrected chi connectivity index (χ4v) is 3.29. The van der Waals surface area contributed by atoms with Crippen molar-refractivity contribution < 1.29 is 9.53 Å². The van der Waals surface area contributed by atoms with E-state index in [9.17, 15) is 4.79 Å². The molecule has 0 spiro atoms. The Morgan fingerprint density at radius 3 is 2.70 bits per heavy atom. The second-order valence-electron chi connectivity index (χ2n) is 6.26. The molecule has 0 atom stereocenters. The number of ether oxygens (including phenoxy) is 1. The van der Waals surface area contributed by atoms with E-state index < -0.39 is 0 Å². The van der Waals surface area contributed by atoms with Crippen LogP contribution in [-0.4, -0.2) is 53.6 Å². The second-order valence-corrected chi connectivity index (χ2v) is 6.26. The molecule has 0 N–H and O–H groups in total. The quantitative estimate of drug-likeness (QED) is 0.844. The highest BCUT2D eigenvalue weighted by Gasteiger charge is 2.27. The zero-order valence-electron chi connectivity index (χ0n) is 14.1. The lowest BCUT2D eigenvalue weighted by Gasteiger charge is -2.32. The first-order chi connectivity index (χ1) is 11.2. The molecule has 1 saturated heterocycles. The number of nitrogens with zero attached hydrogens (tertiary/aromatic N) is 4. The van der Waals surface area contributed by atoms with Gasteiger partial charge in [0.1, 0.15) is 0 Å². The maximum absolute atomic E-state index is 12.6. The van der Waals surface area contributed by atoms with Crippen molar-refractivity contribution in [2.24, 2.45) is 5.92 Å². The number of rotatable bonds is 4. The Hall–Kier alpha value is -1.69. The van der Waals surface area contributed by atoms with E-state index in [-0.39, 0.29) is 11.8 Å². The smallest absolute Gasteiger partial charge is 0.226 e. The van der Waals surface area contributed by atoms with Gasteiger partial charge in [0.15, 0.2) is 0 Å². The van der Waals surface area contributed by atoms with E-state index in [1.54, 1.807) is 0 Å². The zero-order valence-corrected chi connectivity index (χ0v) is 14.1. The summed E-state index contributed by atoms with van der Waals surface area (Å²) in [5.74, 6) is 1.17. The van der Waals surface area contributed by atoms with Crippen molar-refractivity contribution in [3.05, 3.63) is 17.5 Å². The van der Waals surface area contributed by atoms with Gasteiger partial charge in [-0.3, -0.25) is 4.79 Å². The van der Waals surface area contributed by atoms with Crippen molar-refractivity contribution in [2.45, 2.75) is 39.7 Å². The monoisotopic (exact) mass is 318 g/mol. The fraction of sp³-hybridized carbons (Fsp3) is 0.706. The van der Waals surface area contributed by atoms with Crippen molar-refractivity contribution in [3.8, 4) is 0 Å². The number of carbonyl (C=O) groups excluding carboxylic acids is 1. The van der Waals surface area contributed by atoms with Gasteiger partial charge in [-0.1, -0.05) is 13.8 Å². The van der Waals surface area contributed by atoms with Crippen LogP contribution in [0, 0.1) is 5.92 Å². The number of morpholine rings is 1. The summed E-state index contributed by atoms with van der Waals surface area (Å²) in [6, 6.07) is 0. The van der Waals surface area contributed by atoms with Gasteiger partial charge in [0.2, 0.25) is 11.9 Å². The third-order valence-corrected chi connectivity index (χ3v) is 4.87. The number of aromatic nitrogens is 2. The molecule has 3 rings (SSSR count). The Morgan fingerprint density at radius 1 is 1.26 bits per heavy atom. The molecule has 1 aromatic rings. The summed E-state index contributed by atoms with van der Waals surface area (Å²) in [5, 5.41) is 0. The molecule has 1 fully saturated rings. The molecule has 0 saturated carbocycles. The lowest BCUT2D eigenvalue weighted by atomic mass is 9.99. The standard InChI is InChI=1S/C17H26N4O2/c1-3-13(4-2)16(22)21-6-5-14-11-18-17(19-15(14)12-21)20-7-9-23-10-8-20/h11,13H,3-10,12H2,1-2H3. The summed E-state index contributed by atoms with van der Waals surface area (Å²) in [7, 11) is 0. The van der Waals surface area contributed by atoms with Crippen LogP contribution in [-0.2, 0) is 22.5 Å². The third kappa shape index (κ3) is 3.47. The van der Waals surface area contributed by atoms with Crippen molar-refractivity contribution in [3.63, 3.8) is 0 Å². The summed E-state index contributed by atoms with van der Waals surface area (Å²) >= 11 is 0. The van der Waals surface area contributed by atoms with Crippen LogP contribution < -0.4 is 4.90 Å². The molecule has 2 aliphatic rings. The van der Waals surface area contributed by atoms with Crippen LogP contribution in [0.5, 0.6) is 0 Å². The lowest BCUT2D eigenvalue weighted by Crippen LogP contribution is -2.41. The molecule has 6 nitrogen and oxygen atoms in total. The molecule has 6 heteroatoms. The number of hydrogen-bond donors (Lipinski definition) is 0. The highest BCUT2D eigenvalue weighted by atomic mass is 16.5. The fourth-order valence-electron chi connectivity index (χ4n) is 3.29. The van der Waals surface area contributed by atoms with Gasteiger partial charge in [0.05, 0.1) is 25.5 Å². The highest BCUT2D eigenvalue weighted by molar-refractivity contribution is 5.79. The van der Waals surface area contributed by atoms with Crippen molar-refractivity contribution >= 4 is 11.9 Å². The van der Waals surface area contributed by atoms with Crippen molar-refractivity contribution in [1.82, 2.24) is 14.9 Å². The first-order valence-electron chi connectivity index (χ1n) is 8.69. The summed E-state index contributed by atoms with van der Waals surface area (Å²) in [6.07, 6.45) is 4.60. The van der Waals surface area contributed by atoms with E-state index in [1.165, 1.54) is 5.56 Å². The molecule has 23 heavy (non-hydrogen) atoms. The first-order valence-corrected chi connectivity index (χ1v) is 8.69. The Balaban J connectivity index is 1.75. The lowest BCUT2D eigenvalue weighted by molar-refractivity contribution is -0.136. The Labute approximate surface area is 137 Å². The average Bonchev–Trinajstić information content (AvgIpc) is 2.62. The van der Waals surface area contributed by atoms with Crippen LogP contribution in [0.15, 0.2) is 6.20 Å². The van der Waals surface area contributed by atoms with Crippen LogP contribution in [0.2, 0.25) is 0 Å². The van der Waals surface area contributed by atoms with Crippen molar-refractivity contribution in [1.29, 1.82) is 0 Å². The predicted molar refractivity (Wildman–Crippen MR) is 88.3 cm³/mol. The minimum Gasteiger partial charge on any atom is -0.378 e. The topological polar surface area (TPSA) is 58.6 Å². The van der Waals surface area contributed by atoms with E-state index in [1.807, 2.05) is 11.1 Å². The molecule has 0 aliphatic carbocycles. The molecule has 0 bridgehead atoms. The minimum atomic E-state index is 0.136. The van der Waals surface area contributed by atoms with Crippen molar-refractivity contribution in [2.75, 3.05) is 37.7 Å². The predicted octanol–water partition coefficient (Wildman–Crippen LogP) is 1.63. The van der Waals surface area contributed by atoms with Gasteiger partial charge in [-0.05, 0) is 24.8 Å². The number of carbonyl (C=O) groups is 1. The van der Waals surface area contributed by atoms with Gasteiger partial charge in [-0.25, -0.2) is 9.97 Å². The third-order valence-electron chi connectivity index (χ3n) is 4.87. The SMILES string of the molecule is CCC(CC)C(=O)N1CCc2cnc(N3CCOCC3)nc2C1. The average molecular weight is 318 g/mol. The summed E-state index contributed by atoms with van der Waals surface area (Å²) in [4.78, 5) is 26.0. The van der Waals surface area contributed by atoms with Gasteiger partial charge in [0, 0.05) is 31.7 Å². The normalized spacial score (nSPS) is 18.2. The maximum atomic E-state index is 12.6.